The fourth-order valence-electron chi connectivity index (χ4n) is 6.20. The summed E-state index contributed by atoms with van der Waals surface area (Å²) >= 11 is 0. The van der Waals surface area contributed by atoms with Gasteiger partial charge in [0.05, 0.1) is 12.8 Å². The molecule has 1 saturated carbocycles. The number of hydrogen-bond acceptors (Lipinski definition) is 7. The van der Waals surface area contributed by atoms with E-state index in [1.165, 1.54) is 0 Å². The first-order valence-corrected chi connectivity index (χ1v) is 16.7. The Morgan fingerprint density at radius 2 is 1.21 bits per heavy atom. The molecule has 0 spiro atoms. The van der Waals surface area contributed by atoms with Gasteiger partial charge in [0.2, 0.25) is 23.6 Å². The molecule has 15 nitrogen and oxygen atoms in total. The lowest BCUT2D eigenvalue weighted by atomic mass is 9.79. The van der Waals surface area contributed by atoms with E-state index < -0.39 is 84.5 Å². The summed E-state index contributed by atoms with van der Waals surface area (Å²) in [5.41, 5.74) is 0. The molecule has 1 heterocycles. The Balaban J connectivity index is 2.25. The second-order valence-corrected chi connectivity index (χ2v) is 13.8. The molecule has 0 bridgehead atoms. The molecule has 7 N–H and O–H groups in total. The third kappa shape index (κ3) is 12.7. The predicted octanol–water partition coefficient (Wildman–Crippen LogP) is 1.21. The smallest absolute Gasteiger partial charge is 0.326 e. The predicted molar refractivity (Wildman–Crippen MR) is 172 cm³/mol. The Morgan fingerprint density at radius 1 is 0.702 bits per heavy atom. The summed E-state index contributed by atoms with van der Waals surface area (Å²) in [6, 6.07) is -6.24. The molecule has 2 rings (SSSR count). The third-order valence-electron chi connectivity index (χ3n) is 8.88. The van der Waals surface area contributed by atoms with E-state index in [-0.39, 0.29) is 30.2 Å². The van der Waals surface area contributed by atoms with E-state index in [1.807, 2.05) is 0 Å². The number of nitrogens with one attached hydrogen (secondary N) is 5. The number of carboxylic acid groups (broad SMARTS) is 2. The number of hydrogen-bond donors (Lipinski definition) is 7. The topological polar surface area (TPSA) is 223 Å². The maximum Gasteiger partial charge on any atom is 0.326 e. The fourth-order valence-corrected chi connectivity index (χ4v) is 6.20. The zero-order valence-electron chi connectivity index (χ0n) is 28.5. The summed E-state index contributed by atoms with van der Waals surface area (Å²) in [4.78, 5) is 91.2. The molecule has 0 aromatic carbocycles. The molecule has 6 amide bonds. The summed E-state index contributed by atoms with van der Waals surface area (Å²) in [6.45, 7) is 12.0. The normalized spacial score (nSPS) is 20.9. The number of urea groups is 1. The standard InChI is InChI=1S/C32H54N6O9/c1-17(2)14-23(31(45)46)35-29(43)22(16-25(40)41)33-28(42)21(15-24(39)38-12-7-8-13-38)34-30(44)26(18(3)4)36-32(47)37-27-19(5)10-9-11-20(27)6/h17-23,26-27H,7-16H2,1-6H3,(H,33,42)(H,34,44)(H,35,43)(H,40,41)(H,45,46)(H2,36,37,47)/t19-,20-,21-,22-,23-,26-/m0/s1. The molecule has 0 aromatic rings. The van der Waals surface area contributed by atoms with Crippen molar-refractivity contribution in [1.82, 2.24) is 31.5 Å². The highest BCUT2D eigenvalue weighted by atomic mass is 16.4. The minimum atomic E-state index is -1.69. The Kier molecular flexibility index (Phi) is 15.4. The van der Waals surface area contributed by atoms with Gasteiger partial charge in [0, 0.05) is 19.1 Å². The van der Waals surface area contributed by atoms with E-state index in [0.717, 1.165) is 32.1 Å². The molecule has 0 unspecified atom stereocenters. The van der Waals surface area contributed by atoms with Crippen LogP contribution in [0.15, 0.2) is 0 Å². The van der Waals surface area contributed by atoms with E-state index >= 15 is 0 Å². The molecule has 6 atom stereocenters. The highest BCUT2D eigenvalue weighted by Crippen LogP contribution is 2.28. The second-order valence-electron chi connectivity index (χ2n) is 13.8. The molecule has 266 valence electrons. The van der Waals surface area contributed by atoms with Crippen LogP contribution in [0.3, 0.4) is 0 Å². The molecule has 15 heteroatoms. The van der Waals surface area contributed by atoms with Gasteiger partial charge in [0.1, 0.15) is 24.2 Å². The molecular formula is C32H54N6O9. The van der Waals surface area contributed by atoms with E-state index in [2.05, 4.69) is 40.4 Å². The Bertz CT molecular complexity index is 1130. The minimum Gasteiger partial charge on any atom is -0.481 e. The van der Waals surface area contributed by atoms with Crippen molar-refractivity contribution in [2.75, 3.05) is 13.1 Å². The number of rotatable bonds is 16. The molecule has 1 aliphatic heterocycles. The maximum atomic E-state index is 13.6. The van der Waals surface area contributed by atoms with Gasteiger partial charge in [-0.15, -0.1) is 0 Å². The monoisotopic (exact) mass is 666 g/mol. The van der Waals surface area contributed by atoms with Crippen LogP contribution in [0.1, 0.15) is 92.9 Å². The molecule has 1 saturated heterocycles. The molecule has 1 aliphatic carbocycles. The number of carbonyl (C=O) groups is 7. The fraction of sp³-hybridized carbons (Fsp3) is 0.781. The van der Waals surface area contributed by atoms with Crippen molar-refractivity contribution in [2.45, 2.75) is 123 Å². The lowest BCUT2D eigenvalue weighted by Gasteiger charge is -2.35. The average molecular weight is 667 g/mol. The van der Waals surface area contributed by atoms with Gasteiger partial charge in [-0.1, -0.05) is 48.0 Å². The summed E-state index contributed by atoms with van der Waals surface area (Å²) in [5, 5.41) is 31.8. The number of aliphatic carboxylic acids is 2. The van der Waals surface area contributed by atoms with E-state index in [9.17, 15) is 43.8 Å². The van der Waals surface area contributed by atoms with E-state index in [0.29, 0.717) is 13.1 Å². The summed E-state index contributed by atoms with van der Waals surface area (Å²) < 4.78 is 0. The van der Waals surface area contributed by atoms with Crippen LogP contribution in [-0.2, 0) is 28.8 Å². The van der Waals surface area contributed by atoms with Gasteiger partial charge in [-0.25, -0.2) is 9.59 Å². The van der Waals surface area contributed by atoms with Crippen LogP contribution in [-0.4, -0.2) is 100 Å². The molecule has 0 radical (unpaired) electrons. The Hall–Kier alpha value is -3.91. The Labute approximate surface area is 276 Å². The average Bonchev–Trinajstić information content (AvgIpc) is 3.51. The van der Waals surface area contributed by atoms with Gasteiger partial charge >= 0.3 is 18.0 Å². The van der Waals surface area contributed by atoms with Crippen LogP contribution in [0.25, 0.3) is 0 Å². The van der Waals surface area contributed by atoms with Crippen LogP contribution in [0.5, 0.6) is 0 Å². The van der Waals surface area contributed by atoms with Crippen molar-refractivity contribution in [3.05, 3.63) is 0 Å². The van der Waals surface area contributed by atoms with Crippen molar-refractivity contribution in [3.63, 3.8) is 0 Å². The maximum absolute atomic E-state index is 13.6. The van der Waals surface area contributed by atoms with Gasteiger partial charge in [-0.05, 0) is 55.8 Å². The van der Waals surface area contributed by atoms with Crippen molar-refractivity contribution in [3.8, 4) is 0 Å². The second kappa shape index (κ2) is 18.4. The SMILES string of the molecule is CC(C)C[C@H](NC(=O)[C@H](CC(=O)O)NC(=O)[C@H](CC(=O)N1CCCC1)NC(=O)[C@@H](NC(=O)NC1[C@@H](C)CCC[C@@H]1C)C(C)C)C(=O)O. The number of amides is 6. The molecular weight excluding hydrogens is 612 g/mol. The highest BCUT2D eigenvalue weighted by molar-refractivity contribution is 5.98. The van der Waals surface area contributed by atoms with E-state index in [4.69, 9.17) is 0 Å². The van der Waals surface area contributed by atoms with Gasteiger partial charge in [0.25, 0.3) is 0 Å². The minimum absolute atomic E-state index is 0.0631. The lowest BCUT2D eigenvalue weighted by Crippen LogP contribution is -2.60. The lowest BCUT2D eigenvalue weighted by molar-refractivity contribution is -0.144. The molecule has 2 fully saturated rings. The van der Waals surface area contributed by atoms with Gasteiger partial charge in [0.15, 0.2) is 0 Å². The van der Waals surface area contributed by atoms with Gasteiger partial charge in [-0.2, -0.15) is 0 Å². The van der Waals surface area contributed by atoms with Crippen LogP contribution in [0, 0.1) is 23.7 Å². The first-order chi connectivity index (χ1) is 22.0. The van der Waals surface area contributed by atoms with Gasteiger partial charge < -0.3 is 41.7 Å². The number of carbonyl (C=O) groups excluding carboxylic acids is 5. The highest BCUT2D eigenvalue weighted by Gasteiger charge is 2.36. The quantitative estimate of drug-likeness (QED) is 0.126. The Morgan fingerprint density at radius 3 is 1.70 bits per heavy atom. The first kappa shape index (κ1) is 39.3. The number of nitrogens with zero attached hydrogens (tertiary/aromatic N) is 1. The van der Waals surface area contributed by atoms with Crippen molar-refractivity contribution < 1.29 is 43.8 Å². The van der Waals surface area contributed by atoms with Crippen LogP contribution in [0.2, 0.25) is 0 Å². The molecule has 0 aromatic heterocycles. The number of carboxylic acids is 2. The van der Waals surface area contributed by atoms with Crippen molar-refractivity contribution in [2.24, 2.45) is 23.7 Å². The summed E-state index contributed by atoms with van der Waals surface area (Å²) in [5.74, 6) is -5.97. The zero-order valence-corrected chi connectivity index (χ0v) is 28.5. The van der Waals surface area contributed by atoms with Crippen LogP contribution in [0.4, 0.5) is 4.79 Å². The van der Waals surface area contributed by atoms with Crippen molar-refractivity contribution in [1.29, 1.82) is 0 Å². The van der Waals surface area contributed by atoms with Crippen LogP contribution < -0.4 is 26.6 Å². The summed E-state index contributed by atoms with van der Waals surface area (Å²) in [7, 11) is 0. The zero-order chi connectivity index (χ0) is 35.4. The molecule has 2 aliphatic rings. The largest absolute Gasteiger partial charge is 0.481 e. The molecule has 47 heavy (non-hydrogen) atoms. The summed E-state index contributed by atoms with van der Waals surface area (Å²) in [6.07, 6.45) is 3.30. The van der Waals surface area contributed by atoms with E-state index in [1.54, 1.807) is 32.6 Å². The van der Waals surface area contributed by atoms with Crippen LogP contribution >= 0.6 is 0 Å². The number of likely N-dealkylation sites (tertiary alicyclic amines) is 1. The first-order valence-electron chi connectivity index (χ1n) is 16.7. The van der Waals surface area contributed by atoms with Crippen molar-refractivity contribution >= 4 is 41.6 Å². The third-order valence-corrected chi connectivity index (χ3v) is 8.88. The van der Waals surface area contributed by atoms with Gasteiger partial charge in [-0.3, -0.25) is 24.0 Å².